The molecule has 0 aromatic heterocycles. The number of nitrogens with two attached hydrogens (primary N) is 1. The third-order valence-corrected chi connectivity index (χ3v) is 4.82. The maximum Gasteiger partial charge on any atom is 0.243 e. The largest absolute Gasteiger partial charge is 0.491 e. The van der Waals surface area contributed by atoms with Crippen molar-refractivity contribution in [3.05, 3.63) is 24.3 Å². The van der Waals surface area contributed by atoms with Crippen molar-refractivity contribution in [1.82, 2.24) is 4.31 Å². The Morgan fingerprint density at radius 2 is 1.74 bits per heavy atom. The van der Waals surface area contributed by atoms with Gasteiger partial charge in [-0.05, 0) is 45.0 Å². The Bertz CT molecular complexity index is 497. The lowest BCUT2D eigenvalue weighted by Crippen LogP contribution is -2.39. The van der Waals surface area contributed by atoms with Crippen molar-refractivity contribution in [2.75, 3.05) is 13.6 Å². The van der Waals surface area contributed by atoms with Crippen LogP contribution in [0.3, 0.4) is 0 Å². The minimum absolute atomic E-state index is 0.0578. The average molecular weight is 286 g/mol. The standard InChI is InChI=1S/C13H22N2O3S/c1-10(2)18-12-5-7-13(8-6-12)19(16,17)15(4)11(3)9-14/h5-8,10-11H,9,14H2,1-4H3/t11-/m0/s1. The highest BCUT2D eigenvalue weighted by Gasteiger charge is 2.24. The highest BCUT2D eigenvalue weighted by molar-refractivity contribution is 7.89. The fourth-order valence-electron chi connectivity index (χ4n) is 1.51. The van der Waals surface area contributed by atoms with E-state index in [9.17, 15) is 8.42 Å². The predicted octanol–water partition coefficient (Wildman–Crippen LogP) is 1.44. The molecule has 1 rings (SSSR count). The van der Waals surface area contributed by atoms with Crippen molar-refractivity contribution in [2.45, 2.75) is 37.8 Å². The second kappa shape index (κ2) is 6.36. The summed E-state index contributed by atoms with van der Waals surface area (Å²) in [5.74, 6) is 0.656. The molecule has 1 atom stereocenters. The molecule has 108 valence electrons. The quantitative estimate of drug-likeness (QED) is 0.859. The van der Waals surface area contributed by atoms with Crippen molar-refractivity contribution in [3.8, 4) is 5.75 Å². The van der Waals surface area contributed by atoms with Crippen LogP contribution in [0.2, 0.25) is 0 Å². The van der Waals surface area contributed by atoms with Gasteiger partial charge in [0.15, 0.2) is 0 Å². The number of benzene rings is 1. The third kappa shape index (κ3) is 3.92. The number of ether oxygens (including phenoxy) is 1. The van der Waals surface area contributed by atoms with Gasteiger partial charge >= 0.3 is 0 Å². The first kappa shape index (κ1) is 15.9. The van der Waals surface area contributed by atoms with E-state index >= 15 is 0 Å². The van der Waals surface area contributed by atoms with Crippen LogP contribution in [-0.4, -0.2) is 38.5 Å². The van der Waals surface area contributed by atoms with Crippen LogP contribution in [0.1, 0.15) is 20.8 Å². The first-order valence-electron chi connectivity index (χ1n) is 6.24. The molecule has 0 bridgehead atoms. The Morgan fingerprint density at radius 1 is 1.21 bits per heavy atom. The number of sulfonamides is 1. The summed E-state index contributed by atoms with van der Waals surface area (Å²) in [5, 5.41) is 0. The Hall–Kier alpha value is -1.11. The lowest BCUT2D eigenvalue weighted by molar-refractivity contribution is 0.242. The molecule has 0 aliphatic rings. The van der Waals surface area contributed by atoms with Crippen molar-refractivity contribution in [1.29, 1.82) is 0 Å². The first-order valence-corrected chi connectivity index (χ1v) is 7.68. The Kier molecular flexibility index (Phi) is 5.34. The van der Waals surface area contributed by atoms with Gasteiger partial charge in [0, 0.05) is 19.6 Å². The van der Waals surface area contributed by atoms with Gasteiger partial charge in [-0.2, -0.15) is 4.31 Å². The summed E-state index contributed by atoms with van der Waals surface area (Å²) in [6.45, 7) is 5.89. The van der Waals surface area contributed by atoms with E-state index in [1.54, 1.807) is 31.2 Å². The zero-order valence-electron chi connectivity index (χ0n) is 11.8. The normalized spacial score (nSPS) is 13.8. The molecule has 0 saturated carbocycles. The first-order chi connectivity index (χ1) is 8.78. The molecule has 0 aliphatic carbocycles. The van der Waals surface area contributed by atoms with Gasteiger partial charge in [0.1, 0.15) is 5.75 Å². The highest BCUT2D eigenvalue weighted by Crippen LogP contribution is 2.20. The fraction of sp³-hybridized carbons (Fsp3) is 0.538. The highest BCUT2D eigenvalue weighted by atomic mass is 32.2. The molecule has 5 nitrogen and oxygen atoms in total. The van der Waals surface area contributed by atoms with Crippen LogP contribution in [0.15, 0.2) is 29.2 Å². The van der Waals surface area contributed by atoms with Crippen LogP contribution < -0.4 is 10.5 Å². The van der Waals surface area contributed by atoms with Gasteiger partial charge in [-0.25, -0.2) is 8.42 Å². The molecule has 19 heavy (non-hydrogen) atoms. The molecular weight excluding hydrogens is 264 g/mol. The maximum atomic E-state index is 12.3. The summed E-state index contributed by atoms with van der Waals surface area (Å²) in [5.41, 5.74) is 5.50. The SMILES string of the molecule is CC(C)Oc1ccc(S(=O)(=O)N(C)[C@@H](C)CN)cc1. The van der Waals surface area contributed by atoms with E-state index in [1.807, 2.05) is 13.8 Å². The van der Waals surface area contributed by atoms with Gasteiger partial charge in [-0.3, -0.25) is 0 Å². The molecule has 2 N–H and O–H groups in total. The average Bonchev–Trinajstić information content (AvgIpc) is 2.36. The molecule has 0 unspecified atom stereocenters. The van der Waals surface area contributed by atoms with E-state index in [2.05, 4.69) is 0 Å². The summed E-state index contributed by atoms with van der Waals surface area (Å²) < 4.78 is 31.4. The number of rotatable bonds is 6. The summed E-state index contributed by atoms with van der Waals surface area (Å²) >= 11 is 0. The van der Waals surface area contributed by atoms with Crippen LogP contribution in [0.25, 0.3) is 0 Å². The zero-order valence-corrected chi connectivity index (χ0v) is 12.6. The number of nitrogens with zero attached hydrogens (tertiary/aromatic N) is 1. The fourth-order valence-corrected chi connectivity index (χ4v) is 2.89. The molecule has 6 heteroatoms. The van der Waals surface area contributed by atoms with E-state index in [0.717, 1.165) is 0 Å². The van der Waals surface area contributed by atoms with Gasteiger partial charge in [0.25, 0.3) is 0 Å². The Labute approximate surface area is 115 Å². The minimum Gasteiger partial charge on any atom is -0.491 e. The van der Waals surface area contributed by atoms with Gasteiger partial charge in [0.2, 0.25) is 10.0 Å². The number of hydrogen-bond donors (Lipinski definition) is 1. The summed E-state index contributed by atoms with van der Waals surface area (Å²) in [6, 6.07) is 6.18. The van der Waals surface area contributed by atoms with Gasteiger partial charge < -0.3 is 10.5 Å². The van der Waals surface area contributed by atoms with Crippen molar-refractivity contribution in [2.24, 2.45) is 5.73 Å². The second-order valence-corrected chi connectivity index (χ2v) is 6.74. The molecule has 0 spiro atoms. The van der Waals surface area contributed by atoms with Crippen LogP contribution in [0.4, 0.5) is 0 Å². The van der Waals surface area contributed by atoms with E-state index in [-0.39, 0.29) is 23.6 Å². The van der Waals surface area contributed by atoms with Crippen molar-refractivity contribution >= 4 is 10.0 Å². The summed E-state index contributed by atoms with van der Waals surface area (Å²) in [4.78, 5) is 0.242. The van der Waals surface area contributed by atoms with Crippen molar-refractivity contribution in [3.63, 3.8) is 0 Å². The third-order valence-electron chi connectivity index (χ3n) is 2.83. The molecule has 0 aliphatic heterocycles. The molecule has 0 amide bonds. The molecular formula is C13H22N2O3S. The second-order valence-electron chi connectivity index (χ2n) is 4.74. The van der Waals surface area contributed by atoms with E-state index in [1.165, 1.54) is 11.4 Å². The molecule has 1 aromatic carbocycles. The van der Waals surface area contributed by atoms with Crippen LogP contribution in [0, 0.1) is 0 Å². The summed E-state index contributed by atoms with van der Waals surface area (Å²) in [7, 11) is -1.96. The summed E-state index contributed by atoms with van der Waals surface area (Å²) in [6.07, 6.45) is 0.0578. The Balaban J connectivity index is 2.97. The van der Waals surface area contributed by atoms with Crippen LogP contribution in [0.5, 0.6) is 5.75 Å². The topological polar surface area (TPSA) is 72.6 Å². The zero-order chi connectivity index (χ0) is 14.6. The van der Waals surface area contributed by atoms with Crippen molar-refractivity contribution < 1.29 is 13.2 Å². The van der Waals surface area contributed by atoms with Gasteiger partial charge in [-0.1, -0.05) is 0 Å². The smallest absolute Gasteiger partial charge is 0.243 e. The minimum atomic E-state index is -3.50. The van der Waals surface area contributed by atoms with E-state index in [0.29, 0.717) is 5.75 Å². The molecule has 1 aromatic rings. The number of hydrogen-bond acceptors (Lipinski definition) is 4. The van der Waals surface area contributed by atoms with Crippen LogP contribution >= 0.6 is 0 Å². The van der Waals surface area contributed by atoms with E-state index in [4.69, 9.17) is 10.5 Å². The maximum absolute atomic E-state index is 12.3. The molecule has 0 fully saturated rings. The van der Waals surface area contributed by atoms with Gasteiger partial charge in [-0.15, -0.1) is 0 Å². The van der Waals surface area contributed by atoms with Gasteiger partial charge in [0.05, 0.1) is 11.0 Å². The molecule has 0 heterocycles. The monoisotopic (exact) mass is 286 g/mol. The number of likely N-dealkylation sites (N-methyl/N-ethyl adjacent to an activating group) is 1. The molecule has 0 radical (unpaired) electrons. The predicted molar refractivity (Wildman–Crippen MR) is 75.7 cm³/mol. The molecule has 0 saturated heterocycles. The lowest BCUT2D eigenvalue weighted by atomic mass is 10.3. The Morgan fingerprint density at radius 3 is 2.16 bits per heavy atom. The van der Waals surface area contributed by atoms with Crippen LogP contribution in [-0.2, 0) is 10.0 Å². The lowest BCUT2D eigenvalue weighted by Gasteiger charge is -2.23. The van der Waals surface area contributed by atoms with E-state index < -0.39 is 10.0 Å².